The Morgan fingerprint density at radius 1 is 0.974 bits per heavy atom. The van der Waals surface area contributed by atoms with Crippen molar-refractivity contribution in [1.82, 2.24) is 4.90 Å². The lowest BCUT2D eigenvalue weighted by molar-refractivity contribution is -0.133. The second-order valence-corrected chi connectivity index (χ2v) is 10.5. The van der Waals surface area contributed by atoms with Crippen LogP contribution in [0.1, 0.15) is 83.3 Å². The van der Waals surface area contributed by atoms with Crippen LogP contribution in [0.2, 0.25) is 0 Å². The van der Waals surface area contributed by atoms with E-state index in [2.05, 4.69) is 38.7 Å². The van der Waals surface area contributed by atoms with Gasteiger partial charge in [-0.05, 0) is 60.1 Å². The number of imide groups is 1. The smallest absolute Gasteiger partial charge is 0.332 e. The SMILES string of the molecule is CC(C)c1cccc(C(C)C)c1NC(=O)CN1C(=O)N(c2ccc(F)cc2)C2(CCCC2)C1=O.CC(N)=O. The van der Waals surface area contributed by atoms with Gasteiger partial charge in [-0.2, -0.15) is 0 Å². The number of nitrogens with one attached hydrogen (secondary N) is 1. The monoisotopic (exact) mass is 524 g/mol. The van der Waals surface area contributed by atoms with E-state index >= 15 is 0 Å². The summed E-state index contributed by atoms with van der Waals surface area (Å²) in [5.41, 5.74) is 6.71. The molecule has 1 saturated carbocycles. The van der Waals surface area contributed by atoms with E-state index in [0.29, 0.717) is 18.5 Å². The van der Waals surface area contributed by atoms with Crippen LogP contribution in [0.25, 0.3) is 0 Å². The molecule has 1 spiro atoms. The van der Waals surface area contributed by atoms with Gasteiger partial charge in [-0.25, -0.2) is 9.18 Å². The van der Waals surface area contributed by atoms with Crippen molar-refractivity contribution in [2.24, 2.45) is 5.73 Å². The molecule has 3 N–H and O–H groups in total. The van der Waals surface area contributed by atoms with E-state index in [9.17, 15) is 23.6 Å². The Balaban J connectivity index is 0.000000934. The van der Waals surface area contributed by atoms with Gasteiger partial charge in [0.25, 0.3) is 5.91 Å². The highest BCUT2D eigenvalue weighted by Crippen LogP contribution is 2.44. The summed E-state index contributed by atoms with van der Waals surface area (Å²) in [6, 6.07) is 11.0. The number of rotatable bonds is 6. The van der Waals surface area contributed by atoms with Gasteiger partial charge in [0, 0.05) is 18.3 Å². The zero-order chi connectivity index (χ0) is 28.2. The van der Waals surface area contributed by atoms with Crippen LogP contribution in [0.5, 0.6) is 0 Å². The fourth-order valence-corrected chi connectivity index (χ4v) is 5.24. The largest absolute Gasteiger partial charge is 0.370 e. The van der Waals surface area contributed by atoms with Gasteiger partial charge in [0.15, 0.2) is 0 Å². The lowest BCUT2D eigenvalue weighted by Gasteiger charge is -2.31. The van der Waals surface area contributed by atoms with Crippen LogP contribution < -0.4 is 16.0 Å². The van der Waals surface area contributed by atoms with E-state index in [1.807, 2.05) is 18.2 Å². The number of carbonyl (C=O) groups excluding carboxylic acids is 4. The van der Waals surface area contributed by atoms with Crippen molar-refractivity contribution in [3.05, 3.63) is 59.4 Å². The Hall–Kier alpha value is -3.75. The van der Waals surface area contributed by atoms with E-state index in [0.717, 1.165) is 34.6 Å². The maximum absolute atomic E-state index is 13.5. The standard InChI is InChI=1S/C27H32FN3O3.C2H5NO/c1-17(2)21-8-7-9-22(18(3)4)24(21)29-23(32)16-30-25(33)27(14-5-6-15-27)31(26(30)34)20-12-10-19(28)11-13-20;1-2(3)4/h7-13,17-18H,5-6,14-16H2,1-4H3,(H,29,32);1H3,(H2,3,4). The van der Waals surface area contributed by atoms with Crippen LogP contribution in [0.4, 0.5) is 20.6 Å². The average molecular weight is 525 g/mol. The van der Waals surface area contributed by atoms with Crippen LogP contribution in [0.3, 0.4) is 0 Å². The summed E-state index contributed by atoms with van der Waals surface area (Å²) in [4.78, 5) is 51.9. The Labute approximate surface area is 223 Å². The molecule has 1 aliphatic heterocycles. The van der Waals surface area contributed by atoms with Crippen molar-refractivity contribution in [2.45, 2.75) is 77.7 Å². The van der Waals surface area contributed by atoms with Gasteiger partial charge in [-0.1, -0.05) is 58.7 Å². The third-order valence-corrected chi connectivity index (χ3v) is 6.95. The number of anilines is 2. The van der Waals surface area contributed by atoms with Gasteiger partial charge in [-0.3, -0.25) is 24.2 Å². The number of para-hydroxylation sites is 1. The lowest BCUT2D eigenvalue weighted by atomic mass is 9.92. The first-order valence-electron chi connectivity index (χ1n) is 13.0. The molecular weight excluding hydrogens is 487 g/mol. The van der Waals surface area contributed by atoms with E-state index < -0.39 is 23.3 Å². The summed E-state index contributed by atoms with van der Waals surface area (Å²) in [5, 5.41) is 3.00. The average Bonchev–Trinajstić information content (AvgIpc) is 3.39. The van der Waals surface area contributed by atoms with E-state index in [1.54, 1.807) is 0 Å². The number of halogens is 1. The Morgan fingerprint density at radius 2 is 1.47 bits per heavy atom. The number of nitrogens with zero attached hydrogens (tertiary/aromatic N) is 2. The first-order valence-corrected chi connectivity index (χ1v) is 13.0. The second kappa shape index (κ2) is 11.8. The molecule has 9 heteroatoms. The normalized spacial score (nSPS) is 16.3. The summed E-state index contributed by atoms with van der Waals surface area (Å²) in [6.07, 6.45) is 2.69. The zero-order valence-corrected chi connectivity index (χ0v) is 22.7. The topological polar surface area (TPSA) is 113 Å². The molecule has 2 aliphatic rings. The lowest BCUT2D eigenvalue weighted by Crippen LogP contribution is -2.47. The van der Waals surface area contributed by atoms with Crippen molar-refractivity contribution in [3.63, 3.8) is 0 Å². The van der Waals surface area contributed by atoms with Crippen molar-refractivity contribution < 1.29 is 23.6 Å². The van der Waals surface area contributed by atoms with Crippen LogP contribution in [0, 0.1) is 5.82 Å². The number of nitrogens with two attached hydrogens (primary N) is 1. The number of carbonyl (C=O) groups is 4. The quantitative estimate of drug-likeness (QED) is 0.500. The molecule has 1 aliphatic carbocycles. The fourth-order valence-electron chi connectivity index (χ4n) is 5.24. The number of hydrogen-bond acceptors (Lipinski definition) is 4. The summed E-state index contributed by atoms with van der Waals surface area (Å²) in [5.74, 6) is -1.12. The molecule has 2 aromatic carbocycles. The van der Waals surface area contributed by atoms with Crippen LogP contribution in [-0.2, 0) is 14.4 Å². The molecule has 2 fully saturated rings. The summed E-state index contributed by atoms with van der Waals surface area (Å²) >= 11 is 0. The molecule has 2 aromatic rings. The molecule has 1 saturated heterocycles. The first kappa shape index (κ1) is 28.8. The number of urea groups is 1. The highest BCUT2D eigenvalue weighted by Gasteiger charge is 2.59. The summed E-state index contributed by atoms with van der Waals surface area (Å²) in [6.45, 7) is 9.20. The number of primary amides is 1. The van der Waals surface area contributed by atoms with Crippen molar-refractivity contribution in [1.29, 1.82) is 0 Å². The molecule has 38 heavy (non-hydrogen) atoms. The first-order chi connectivity index (χ1) is 17.9. The van der Waals surface area contributed by atoms with Crippen LogP contribution in [-0.4, -0.2) is 40.7 Å². The predicted octanol–water partition coefficient (Wildman–Crippen LogP) is 5.28. The molecule has 0 aromatic heterocycles. The minimum Gasteiger partial charge on any atom is -0.370 e. The van der Waals surface area contributed by atoms with Gasteiger partial charge < -0.3 is 11.1 Å². The van der Waals surface area contributed by atoms with Crippen LogP contribution in [0.15, 0.2) is 42.5 Å². The van der Waals surface area contributed by atoms with Gasteiger partial charge in [0.05, 0.1) is 0 Å². The van der Waals surface area contributed by atoms with Gasteiger partial charge in [-0.15, -0.1) is 0 Å². The molecule has 0 atom stereocenters. The molecule has 204 valence electrons. The predicted molar refractivity (Wildman–Crippen MR) is 145 cm³/mol. The highest BCUT2D eigenvalue weighted by atomic mass is 19.1. The Bertz CT molecular complexity index is 1170. The van der Waals surface area contributed by atoms with E-state index in [1.165, 1.54) is 36.1 Å². The van der Waals surface area contributed by atoms with Crippen LogP contribution >= 0.6 is 0 Å². The van der Waals surface area contributed by atoms with Gasteiger partial charge >= 0.3 is 6.03 Å². The molecular formula is C29H37FN4O4. The van der Waals surface area contributed by atoms with E-state index in [4.69, 9.17) is 0 Å². The molecule has 1 heterocycles. The number of hydrogen-bond donors (Lipinski definition) is 2. The maximum atomic E-state index is 13.5. The molecule has 0 unspecified atom stereocenters. The molecule has 8 nitrogen and oxygen atoms in total. The Morgan fingerprint density at radius 3 is 1.95 bits per heavy atom. The number of amides is 5. The molecule has 0 radical (unpaired) electrons. The third-order valence-electron chi connectivity index (χ3n) is 6.95. The Kier molecular flexibility index (Phi) is 8.91. The van der Waals surface area contributed by atoms with Crippen molar-refractivity contribution >= 4 is 35.1 Å². The van der Waals surface area contributed by atoms with Gasteiger partial charge in [0.1, 0.15) is 17.9 Å². The second-order valence-electron chi connectivity index (χ2n) is 10.5. The summed E-state index contributed by atoms with van der Waals surface area (Å²) in [7, 11) is 0. The molecule has 5 amide bonds. The van der Waals surface area contributed by atoms with Crippen molar-refractivity contribution in [2.75, 3.05) is 16.8 Å². The minimum atomic E-state index is -1.01. The highest BCUT2D eigenvalue weighted by molar-refractivity contribution is 6.18. The van der Waals surface area contributed by atoms with E-state index in [-0.39, 0.29) is 30.2 Å². The fraction of sp³-hybridized carbons (Fsp3) is 0.448. The minimum absolute atomic E-state index is 0.194. The zero-order valence-electron chi connectivity index (χ0n) is 22.7. The third kappa shape index (κ3) is 5.87. The number of benzene rings is 2. The molecule has 0 bridgehead atoms. The summed E-state index contributed by atoms with van der Waals surface area (Å²) < 4.78 is 13.5. The van der Waals surface area contributed by atoms with Crippen molar-refractivity contribution in [3.8, 4) is 0 Å². The molecule has 4 rings (SSSR count). The van der Waals surface area contributed by atoms with Gasteiger partial charge in [0.2, 0.25) is 11.8 Å². The maximum Gasteiger partial charge on any atom is 0.332 e.